The van der Waals surface area contributed by atoms with Gasteiger partial charge in [-0.3, -0.25) is 9.78 Å². The first-order chi connectivity index (χ1) is 14.3. The van der Waals surface area contributed by atoms with E-state index in [0.717, 1.165) is 27.8 Å². The minimum atomic E-state index is -0.621. The van der Waals surface area contributed by atoms with Crippen LogP contribution in [0.2, 0.25) is 0 Å². The second kappa shape index (κ2) is 9.28. The number of nitrogens with zero attached hydrogens (tertiary/aromatic N) is 3. The molecule has 0 aliphatic rings. The fraction of sp³-hybridized carbons (Fsp3) is 0.217. The van der Waals surface area contributed by atoms with Crippen molar-refractivity contribution < 1.29 is 4.79 Å². The number of allylic oxidation sites excluding steroid dienone is 1. The van der Waals surface area contributed by atoms with Crippen LogP contribution in [0.1, 0.15) is 41.2 Å². The van der Waals surface area contributed by atoms with Crippen molar-refractivity contribution in [3.8, 4) is 11.1 Å². The summed E-state index contributed by atoms with van der Waals surface area (Å²) in [6, 6.07) is 10.1. The number of nitrogens with two attached hydrogens (primary N) is 2. The number of hydrogen-bond donors (Lipinski definition) is 3. The molecule has 2 aromatic heterocycles. The van der Waals surface area contributed by atoms with E-state index in [1.165, 1.54) is 6.20 Å². The topological polar surface area (TPSA) is 120 Å². The maximum Gasteiger partial charge on any atom is 0.269 e. The monoisotopic (exact) mass is 402 g/mol. The van der Waals surface area contributed by atoms with E-state index in [1.54, 1.807) is 6.20 Å². The van der Waals surface area contributed by atoms with E-state index in [1.807, 2.05) is 45.2 Å². The lowest BCUT2D eigenvalue weighted by Gasteiger charge is -2.12. The van der Waals surface area contributed by atoms with Crippen LogP contribution >= 0.6 is 0 Å². The zero-order chi connectivity index (χ0) is 21.7. The Kier molecular flexibility index (Phi) is 6.54. The molecule has 2 heterocycles. The molecule has 0 aliphatic carbocycles. The van der Waals surface area contributed by atoms with Gasteiger partial charge in [0.05, 0.1) is 11.9 Å². The van der Waals surface area contributed by atoms with Crippen molar-refractivity contribution in [1.29, 1.82) is 0 Å². The van der Waals surface area contributed by atoms with Crippen molar-refractivity contribution in [3.63, 3.8) is 0 Å². The summed E-state index contributed by atoms with van der Waals surface area (Å²) in [5, 5.41) is 3.13. The highest BCUT2D eigenvalue weighted by molar-refractivity contribution is 5.97. The van der Waals surface area contributed by atoms with E-state index < -0.39 is 5.91 Å². The maximum absolute atomic E-state index is 11.9. The number of anilines is 1. The second-order valence-electron chi connectivity index (χ2n) is 7.32. The molecule has 1 aromatic carbocycles. The molecule has 0 saturated carbocycles. The Morgan fingerprint density at radius 3 is 2.67 bits per heavy atom. The molecule has 0 fully saturated rings. The molecular weight excluding hydrogens is 376 g/mol. The van der Waals surface area contributed by atoms with E-state index >= 15 is 0 Å². The van der Waals surface area contributed by atoms with Crippen LogP contribution in [0.15, 0.2) is 48.9 Å². The first kappa shape index (κ1) is 21.1. The summed E-state index contributed by atoms with van der Waals surface area (Å²) < 4.78 is 0. The number of nitrogens with one attached hydrogen (secondary N) is 1. The molecule has 1 amide bonds. The molecule has 0 aliphatic heterocycles. The van der Waals surface area contributed by atoms with Gasteiger partial charge in [-0.05, 0) is 61.2 Å². The Hall–Kier alpha value is -3.58. The molecule has 7 nitrogen and oxygen atoms in total. The third kappa shape index (κ3) is 5.07. The molecule has 154 valence electrons. The molecule has 0 saturated heterocycles. The van der Waals surface area contributed by atoms with E-state index in [0.29, 0.717) is 18.1 Å². The number of carbonyl (C=O) groups excluding carboxylic acids is 1. The number of amides is 1. The standard InChI is InChI=1S/C23H26N6O/c1-14-6-7-17(18-5-4-8-26-12-18)10-19(14)9-15(2)21-22(23(25)30)28-13-20(29-21)27-11-16(3)24/h4-10,12-13,16H,11,24H2,1-3H3,(H2,25,30)(H,27,29)/b15-9+/t16-/m0/s1. The quantitative estimate of drug-likeness (QED) is 0.558. The Labute approximate surface area is 176 Å². The second-order valence-corrected chi connectivity index (χ2v) is 7.32. The Bertz CT molecular complexity index is 1080. The van der Waals surface area contributed by atoms with Crippen LogP contribution in [0, 0.1) is 6.92 Å². The molecule has 30 heavy (non-hydrogen) atoms. The number of aryl methyl sites for hydroxylation is 1. The van der Waals surface area contributed by atoms with Crippen LogP contribution in [-0.4, -0.2) is 33.4 Å². The summed E-state index contributed by atoms with van der Waals surface area (Å²) in [4.78, 5) is 24.9. The number of pyridine rings is 1. The lowest BCUT2D eigenvalue weighted by Crippen LogP contribution is -2.26. The molecule has 3 rings (SSSR count). The van der Waals surface area contributed by atoms with Gasteiger partial charge in [0, 0.05) is 30.5 Å². The third-order valence-corrected chi connectivity index (χ3v) is 4.63. The molecule has 0 radical (unpaired) electrons. The number of benzene rings is 1. The first-order valence-corrected chi connectivity index (χ1v) is 9.71. The Balaban J connectivity index is 2.02. The van der Waals surface area contributed by atoms with Crippen molar-refractivity contribution in [2.45, 2.75) is 26.8 Å². The molecule has 5 N–H and O–H groups in total. The minimum absolute atomic E-state index is 0.0411. The van der Waals surface area contributed by atoms with Gasteiger partial charge < -0.3 is 16.8 Å². The first-order valence-electron chi connectivity index (χ1n) is 9.71. The van der Waals surface area contributed by atoms with Gasteiger partial charge in [-0.2, -0.15) is 0 Å². The molecule has 1 atom stereocenters. The van der Waals surface area contributed by atoms with Gasteiger partial charge in [-0.15, -0.1) is 0 Å². The predicted octanol–water partition coefficient (Wildman–Crippen LogP) is 3.27. The van der Waals surface area contributed by atoms with Crippen LogP contribution in [0.5, 0.6) is 0 Å². The van der Waals surface area contributed by atoms with Crippen molar-refractivity contribution in [2.24, 2.45) is 11.5 Å². The average Bonchev–Trinajstić information content (AvgIpc) is 2.74. The number of carbonyl (C=O) groups is 1. The van der Waals surface area contributed by atoms with Gasteiger partial charge in [-0.1, -0.05) is 18.2 Å². The number of rotatable bonds is 7. The van der Waals surface area contributed by atoms with Crippen LogP contribution in [0.3, 0.4) is 0 Å². The summed E-state index contributed by atoms with van der Waals surface area (Å²) in [7, 11) is 0. The van der Waals surface area contributed by atoms with E-state index in [4.69, 9.17) is 11.5 Å². The highest BCUT2D eigenvalue weighted by Crippen LogP contribution is 2.26. The van der Waals surface area contributed by atoms with Gasteiger partial charge in [0.1, 0.15) is 5.82 Å². The summed E-state index contributed by atoms with van der Waals surface area (Å²) in [5.41, 5.74) is 16.9. The fourth-order valence-electron chi connectivity index (χ4n) is 3.01. The molecule has 7 heteroatoms. The van der Waals surface area contributed by atoms with E-state index in [9.17, 15) is 4.79 Å². The predicted molar refractivity (Wildman–Crippen MR) is 121 cm³/mol. The van der Waals surface area contributed by atoms with Gasteiger partial charge in [0.15, 0.2) is 5.69 Å². The van der Waals surface area contributed by atoms with E-state index in [-0.39, 0.29) is 11.7 Å². The largest absolute Gasteiger partial charge is 0.367 e. The lowest BCUT2D eigenvalue weighted by atomic mass is 9.98. The number of primary amides is 1. The summed E-state index contributed by atoms with van der Waals surface area (Å²) >= 11 is 0. The molecular formula is C23H26N6O. The highest BCUT2D eigenvalue weighted by atomic mass is 16.1. The van der Waals surface area contributed by atoms with Crippen molar-refractivity contribution in [3.05, 3.63) is 71.4 Å². The Morgan fingerprint density at radius 2 is 2.00 bits per heavy atom. The maximum atomic E-state index is 11.9. The van der Waals surface area contributed by atoms with Crippen molar-refractivity contribution >= 4 is 23.4 Å². The summed E-state index contributed by atoms with van der Waals surface area (Å²) in [5.74, 6) is -0.0780. The zero-order valence-electron chi connectivity index (χ0n) is 17.4. The molecule has 0 bridgehead atoms. The smallest absolute Gasteiger partial charge is 0.269 e. The number of hydrogen-bond acceptors (Lipinski definition) is 6. The van der Waals surface area contributed by atoms with Crippen molar-refractivity contribution in [1.82, 2.24) is 15.0 Å². The molecule has 0 spiro atoms. The van der Waals surface area contributed by atoms with Crippen LogP contribution in [0.4, 0.5) is 5.82 Å². The molecule has 0 unspecified atom stereocenters. The van der Waals surface area contributed by atoms with Gasteiger partial charge in [0.25, 0.3) is 5.91 Å². The normalized spacial score (nSPS) is 12.5. The summed E-state index contributed by atoms with van der Waals surface area (Å²) in [6.07, 6.45) is 7.06. The zero-order valence-corrected chi connectivity index (χ0v) is 17.4. The van der Waals surface area contributed by atoms with Crippen molar-refractivity contribution in [2.75, 3.05) is 11.9 Å². The SMILES string of the molecule is C/C(=C\c1cc(-c2cccnc2)ccc1C)c1nc(NC[C@H](C)N)cnc1C(N)=O. The fourth-order valence-corrected chi connectivity index (χ4v) is 3.01. The van der Waals surface area contributed by atoms with E-state index in [2.05, 4.69) is 38.5 Å². The summed E-state index contributed by atoms with van der Waals surface area (Å²) in [6.45, 7) is 6.36. The average molecular weight is 403 g/mol. The minimum Gasteiger partial charge on any atom is -0.367 e. The number of aromatic nitrogens is 3. The van der Waals surface area contributed by atoms with Crippen LogP contribution in [0.25, 0.3) is 22.8 Å². The third-order valence-electron chi connectivity index (χ3n) is 4.63. The van der Waals surface area contributed by atoms with Crippen LogP contribution in [-0.2, 0) is 0 Å². The van der Waals surface area contributed by atoms with Gasteiger partial charge in [-0.25, -0.2) is 9.97 Å². The van der Waals surface area contributed by atoms with Crippen LogP contribution < -0.4 is 16.8 Å². The van der Waals surface area contributed by atoms with Gasteiger partial charge in [0.2, 0.25) is 0 Å². The lowest BCUT2D eigenvalue weighted by molar-refractivity contribution is 0.0995. The Morgan fingerprint density at radius 1 is 1.20 bits per heavy atom. The molecule has 3 aromatic rings. The van der Waals surface area contributed by atoms with Gasteiger partial charge >= 0.3 is 0 Å². The highest BCUT2D eigenvalue weighted by Gasteiger charge is 2.15.